The van der Waals surface area contributed by atoms with E-state index in [1.807, 2.05) is 12.1 Å². The molecule has 3 fully saturated rings. The van der Waals surface area contributed by atoms with Crippen LogP contribution in [0.25, 0.3) is 0 Å². The van der Waals surface area contributed by atoms with E-state index in [1.54, 1.807) is 80.4 Å². The number of fused-ring (bicyclic) bond motifs is 9. The zero-order valence-electron chi connectivity index (χ0n) is 28.5. The van der Waals surface area contributed by atoms with Crippen LogP contribution >= 0.6 is 23.1 Å². The molecule has 7 atom stereocenters. The van der Waals surface area contributed by atoms with Crippen LogP contribution in [0.5, 0.6) is 17.2 Å². The van der Waals surface area contributed by atoms with Gasteiger partial charge < -0.3 is 29.2 Å². The summed E-state index contributed by atoms with van der Waals surface area (Å²) in [4.78, 5) is 70.6. The highest BCUT2D eigenvalue weighted by molar-refractivity contribution is 8.00. The van der Waals surface area contributed by atoms with Gasteiger partial charge in [0.2, 0.25) is 11.8 Å². The summed E-state index contributed by atoms with van der Waals surface area (Å²) in [6, 6.07) is 18.9. The van der Waals surface area contributed by atoms with Gasteiger partial charge in [-0.3, -0.25) is 24.1 Å². The number of ether oxygens (including phenoxy) is 4. The minimum Gasteiger partial charge on any atom is -0.497 e. The van der Waals surface area contributed by atoms with E-state index >= 15 is 0 Å². The number of rotatable bonds is 10. The number of benzene rings is 3. The molecule has 3 heterocycles. The molecule has 2 aliphatic heterocycles. The maximum absolute atomic E-state index is 14.1. The molecule has 4 aromatic rings. The fourth-order valence-corrected chi connectivity index (χ4v) is 11.5. The molecule has 8 rings (SSSR count). The Bertz CT molecular complexity index is 2130. The van der Waals surface area contributed by atoms with E-state index in [-0.39, 0.29) is 58.8 Å². The lowest BCUT2D eigenvalue weighted by atomic mass is 9.68. The Morgan fingerprint density at radius 1 is 0.904 bits per heavy atom. The Kier molecular flexibility index (Phi) is 8.82. The average Bonchev–Trinajstić information content (AvgIpc) is 3.89. The van der Waals surface area contributed by atoms with E-state index in [0.29, 0.717) is 34.2 Å². The lowest BCUT2D eigenvalue weighted by Gasteiger charge is -2.43. The normalized spacial score (nSPS) is 25.3. The Hall–Kier alpha value is -5.08. The molecule has 14 heteroatoms. The highest BCUT2D eigenvalue weighted by Crippen LogP contribution is 2.68. The number of methoxy groups -OCH3 is 2. The molecule has 2 aliphatic carbocycles. The van der Waals surface area contributed by atoms with Crippen molar-refractivity contribution in [2.75, 3.05) is 37.7 Å². The second kappa shape index (κ2) is 13.5. The number of amides is 3. The smallest absolute Gasteiger partial charge is 0.338 e. The maximum Gasteiger partial charge on any atom is 0.338 e. The van der Waals surface area contributed by atoms with Gasteiger partial charge in [0.25, 0.3) is 5.91 Å². The van der Waals surface area contributed by atoms with Crippen LogP contribution in [0, 0.1) is 29.6 Å². The summed E-state index contributed by atoms with van der Waals surface area (Å²) in [6.45, 7) is 1.71. The lowest BCUT2D eigenvalue weighted by molar-refractivity contribution is -0.123. The monoisotopic (exact) mass is 741 g/mol. The number of esters is 1. The molecule has 4 aliphatic rings. The third-order valence-corrected chi connectivity index (χ3v) is 13.2. The fourth-order valence-electron chi connectivity index (χ4n) is 8.62. The molecule has 3 aromatic carbocycles. The first-order valence-electron chi connectivity index (χ1n) is 17.0. The van der Waals surface area contributed by atoms with Crippen LogP contribution in [-0.4, -0.2) is 61.4 Å². The fraction of sp³-hybridized carbons (Fsp3) is 0.342. The molecule has 2 bridgehead atoms. The number of H-pyrrole nitrogens is 1. The largest absolute Gasteiger partial charge is 0.497 e. The zero-order chi connectivity index (χ0) is 36.3. The first-order chi connectivity index (χ1) is 25.2. The number of aromatic amines is 1. The van der Waals surface area contributed by atoms with E-state index in [2.05, 4.69) is 10.3 Å². The zero-order valence-corrected chi connectivity index (χ0v) is 30.1. The number of thiazole rings is 1. The van der Waals surface area contributed by atoms with Gasteiger partial charge in [0.15, 0.2) is 18.1 Å². The Morgan fingerprint density at radius 3 is 2.33 bits per heavy atom. The number of nitrogens with one attached hydrogen (secondary N) is 2. The molecule has 12 nitrogen and oxygen atoms in total. The third-order valence-electron chi connectivity index (χ3n) is 10.6. The molecule has 0 spiro atoms. The van der Waals surface area contributed by atoms with Crippen molar-refractivity contribution in [2.24, 2.45) is 29.6 Å². The van der Waals surface area contributed by atoms with Crippen LogP contribution < -0.4 is 29.3 Å². The van der Waals surface area contributed by atoms with Crippen LogP contribution in [0.15, 0.2) is 76.6 Å². The van der Waals surface area contributed by atoms with Gasteiger partial charge in [-0.25, -0.2) is 4.79 Å². The Labute approximate surface area is 306 Å². The molecule has 52 heavy (non-hydrogen) atoms. The van der Waals surface area contributed by atoms with Gasteiger partial charge in [0, 0.05) is 21.7 Å². The number of hydrogen-bond donors (Lipinski definition) is 2. The molecule has 3 amide bonds. The van der Waals surface area contributed by atoms with E-state index in [0.717, 1.165) is 21.9 Å². The van der Waals surface area contributed by atoms with Gasteiger partial charge in [0.05, 0.1) is 48.9 Å². The number of anilines is 2. The van der Waals surface area contributed by atoms with Gasteiger partial charge in [0.1, 0.15) is 5.75 Å². The van der Waals surface area contributed by atoms with Crippen LogP contribution in [0.2, 0.25) is 0 Å². The molecule has 0 radical (unpaired) electrons. The van der Waals surface area contributed by atoms with Crippen molar-refractivity contribution in [1.29, 1.82) is 0 Å². The van der Waals surface area contributed by atoms with Crippen LogP contribution in [0.4, 0.5) is 11.4 Å². The van der Waals surface area contributed by atoms with Crippen LogP contribution in [-0.2, 0) is 19.1 Å². The Morgan fingerprint density at radius 2 is 1.63 bits per heavy atom. The molecule has 2 saturated carbocycles. The standard InChI is InChI=1S/C38H35N3O9S2/c1-4-49-37(45)18-5-8-20(9-6-18)39-27(42)17-50-25-14-7-19(15-26(25)48-3)28-29-23-16-24(32(29)51-34-33(28)52-38(46)40-34)31-30(23)35(43)41(36(31)44)21-10-12-22(47-2)13-11-21/h5-15,23-24,28-32H,4,16-17H2,1-3H3,(H,39,42)(H,40,46)/t23?,24?,28-,29?,30?,31?,32?/m1/s1. The van der Waals surface area contributed by atoms with Crippen LogP contribution in [0.3, 0.4) is 0 Å². The predicted octanol–water partition coefficient (Wildman–Crippen LogP) is 5.33. The number of imide groups is 1. The summed E-state index contributed by atoms with van der Waals surface area (Å²) < 4.78 is 21.9. The van der Waals surface area contributed by atoms with Crippen molar-refractivity contribution in [2.45, 2.75) is 29.5 Å². The molecular formula is C38H35N3O9S2. The number of aromatic nitrogens is 1. The van der Waals surface area contributed by atoms with Crippen molar-refractivity contribution in [3.05, 3.63) is 92.4 Å². The van der Waals surface area contributed by atoms with E-state index in [4.69, 9.17) is 18.9 Å². The number of hydrogen-bond acceptors (Lipinski definition) is 11. The summed E-state index contributed by atoms with van der Waals surface area (Å²) in [5.74, 6) is -0.889. The molecule has 2 N–H and O–H groups in total. The summed E-state index contributed by atoms with van der Waals surface area (Å²) >= 11 is 2.80. The molecule has 1 aromatic heterocycles. The SMILES string of the molecule is CCOC(=O)c1ccc(NC(=O)COc2ccc([C@H]3c4sc(=O)[nH]c4SC4C5CC(C6C(=O)N(c7ccc(OC)cc7)C(=O)C56)C43)cc2OC)cc1. The quantitative estimate of drug-likeness (QED) is 0.161. The maximum atomic E-state index is 14.1. The number of thioether (sulfide) groups is 1. The average molecular weight is 742 g/mol. The van der Waals surface area contributed by atoms with Gasteiger partial charge in [-0.2, -0.15) is 0 Å². The summed E-state index contributed by atoms with van der Waals surface area (Å²) in [6.07, 6.45) is 0.764. The van der Waals surface area contributed by atoms with Crippen molar-refractivity contribution >= 4 is 58.2 Å². The minimum absolute atomic E-state index is 0.000219. The molecule has 268 valence electrons. The third kappa shape index (κ3) is 5.64. The van der Waals surface area contributed by atoms with Crippen LogP contribution in [0.1, 0.15) is 40.1 Å². The lowest BCUT2D eigenvalue weighted by Crippen LogP contribution is -2.42. The van der Waals surface area contributed by atoms with Crippen molar-refractivity contribution in [3.8, 4) is 17.2 Å². The molecule has 6 unspecified atom stereocenters. The van der Waals surface area contributed by atoms with E-state index in [1.165, 1.54) is 23.3 Å². The Balaban J connectivity index is 1.03. The van der Waals surface area contributed by atoms with Gasteiger partial charge >= 0.3 is 10.8 Å². The van der Waals surface area contributed by atoms with Crippen molar-refractivity contribution in [3.63, 3.8) is 0 Å². The molecule has 1 saturated heterocycles. The first kappa shape index (κ1) is 34.0. The topological polar surface area (TPSA) is 153 Å². The molecular weight excluding hydrogens is 707 g/mol. The summed E-state index contributed by atoms with van der Waals surface area (Å²) in [5, 5.41) is 3.59. The first-order valence-corrected chi connectivity index (χ1v) is 18.7. The summed E-state index contributed by atoms with van der Waals surface area (Å²) in [5.41, 5.74) is 2.32. The number of nitrogens with zero attached hydrogens (tertiary/aromatic N) is 1. The second-order valence-electron chi connectivity index (χ2n) is 13.2. The highest BCUT2D eigenvalue weighted by atomic mass is 32.2. The van der Waals surface area contributed by atoms with E-state index in [9.17, 15) is 24.0 Å². The van der Waals surface area contributed by atoms with Gasteiger partial charge in [-0.05, 0) is 97.3 Å². The van der Waals surface area contributed by atoms with Crippen molar-refractivity contribution in [1.82, 2.24) is 4.98 Å². The highest BCUT2D eigenvalue weighted by Gasteiger charge is 2.69. The van der Waals surface area contributed by atoms with Gasteiger partial charge in [-0.15, -0.1) is 11.8 Å². The van der Waals surface area contributed by atoms with E-state index < -0.39 is 23.7 Å². The van der Waals surface area contributed by atoms with Gasteiger partial charge in [-0.1, -0.05) is 17.4 Å². The number of carbonyl (C=O) groups excluding carboxylic acids is 4. The minimum atomic E-state index is -0.439. The number of carbonyl (C=O) groups is 4. The van der Waals surface area contributed by atoms with Crippen molar-refractivity contribution < 1.29 is 38.1 Å². The summed E-state index contributed by atoms with van der Waals surface area (Å²) in [7, 11) is 3.09. The predicted molar refractivity (Wildman–Crippen MR) is 193 cm³/mol. The second-order valence-corrected chi connectivity index (χ2v) is 15.4.